The molecule has 0 unspecified atom stereocenters. The fraction of sp³-hybridized carbons (Fsp3) is 0.692. The molecule has 1 aromatic rings. The molecule has 0 aliphatic rings. The molecule has 0 radical (unpaired) electrons. The van der Waals surface area contributed by atoms with Crippen LogP contribution in [-0.4, -0.2) is 35.3 Å². The zero-order valence-corrected chi connectivity index (χ0v) is 11.9. The Morgan fingerprint density at radius 3 is 2.89 bits per heavy atom. The van der Waals surface area contributed by atoms with E-state index < -0.39 is 5.97 Å². The molecule has 0 bridgehead atoms. The van der Waals surface area contributed by atoms with Crippen LogP contribution in [0.25, 0.3) is 0 Å². The molecule has 1 heterocycles. The minimum Gasteiger partial charge on any atom is -0.461 e. The Balaban J connectivity index is 2.41. The van der Waals surface area contributed by atoms with Crippen LogP contribution in [0.5, 0.6) is 0 Å². The van der Waals surface area contributed by atoms with Gasteiger partial charge in [0.25, 0.3) is 0 Å². The second-order valence-corrected chi connectivity index (χ2v) is 4.71. The molecule has 0 aliphatic carbocycles. The van der Waals surface area contributed by atoms with Gasteiger partial charge in [0.2, 0.25) is 0 Å². The summed E-state index contributed by atoms with van der Waals surface area (Å²) in [5, 5.41) is 0. The summed E-state index contributed by atoms with van der Waals surface area (Å²) in [6.45, 7) is 8.39. The molecule has 0 atom stereocenters. The lowest BCUT2D eigenvalue weighted by atomic mass is 10.2. The summed E-state index contributed by atoms with van der Waals surface area (Å²) in [6, 6.07) is 0. The lowest BCUT2D eigenvalue weighted by molar-refractivity contribution is 0.0521. The Labute approximate surface area is 113 Å². The van der Waals surface area contributed by atoms with Crippen molar-refractivity contribution in [1.29, 1.82) is 0 Å². The summed E-state index contributed by atoms with van der Waals surface area (Å²) in [5.74, 6) is 0.408. The second kappa shape index (κ2) is 7.78. The molecule has 0 aromatic carbocycles. The number of esters is 1. The minimum absolute atomic E-state index is 0.185. The van der Waals surface area contributed by atoms with Gasteiger partial charge in [-0.3, -0.25) is 0 Å². The molecular weight excluding hydrogens is 246 g/mol. The number of nitrogen functional groups attached to an aromatic ring is 1. The van der Waals surface area contributed by atoms with Crippen molar-refractivity contribution in [3.8, 4) is 0 Å². The van der Waals surface area contributed by atoms with E-state index in [0.29, 0.717) is 31.5 Å². The van der Waals surface area contributed by atoms with Crippen molar-refractivity contribution < 1.29 is 14.3 Å². The molecule has 19 heavy (non-hydrogen) atoms. The SMILES string of the molecule is CCOC(=O)c1ncn(CCCOCC(C)C)c1N. The van der Waals surface area contributed by atoms with Crippen molar-refractivity contribution in [2.75, 3.05) is 25.6 Å². The van der Waals surface area contributed by atoms with Gasteiger partial charge in [-0.1, -0.05) is 13.8 Å². The molecule has 1 rings (SSSR count). The first-order valence-electron chi connectivity index (χ1n) is 6.61. The van der Waals surface area contributed by atoms with Gasteiger partial charge in [0, 0.05) is 19.8 Å². The van der Waals surface area contributed by atoms with Gasteiger partial charge < -0.3 is 19.8 Å². The van der Waals surface area contributed by atoms with Crippen molar-refractivity contribution in [2.24, 2.45) is 5.92 Å². The van der Waals surface area contributed by atoms with Gasteiger partial charge in [0.1, 0.15) is 5.82 Å². The van der Waals surface area contributed by atoms with E-state index in [1.54, 1.807) is 17.8 Å². The maximum Gasteiger partial charge on any atom is 0.360 e. The van der Waals surface area contributed by atoms with Crippen LogP contribution >= 0.6 is 0 Å². The van der Waals surface area contributed by atoms with E-state index in [2.05, 4.69) is 18.8 Å². The number of carbonyl (C=O) groups is 1. The van der Waals surface area contributed by atoms with Crippen LogP contribution in [0.4, 0.5) is 5.82 Å². The summed E-state index contributed by atoms with van der Waals surface area (Å²) >= 11 is 0. The first-order valence-corrected chi connectivity index (χ1v) is 6.61. The molecule has 6 heteroatoms. The van der Waals surface area contributed by atoms with Crippen LogP contribution < -0.4 is 5.73 Å². The molecule has 0 amide bonds. The third kappa shape index (κ3) is 4.90. The fourth-order valence-corrected chi connectivity index (χ4v) is 1.58. The van der Waals surface area contributed by atoms with Gasteiger partial charge in [0.15, 0.2) is 5.69 Å². The highest BCUT2D eigenvalue weighted by Gasteiger charge is 2.16. The van der Waals surface area contributed by atoms with Crippen LogP contribution in [0.15, 0.2) is 6.33 Å². The molecule has 0 spiro atoms. The average Bonchev–Trinajstić information content (AvgIpc) is 2.70. The first kappa shape index (κ1) is 15.5. The summed E-state index contributed by atoms with van der Waals surface area (Å²) < 4.78 is 12.1. The molecule has 0 fully saturated rings. The number of rotatable bonds is 8. The van der Waals surface area contributed by atoms with Gasteiger partial charge in [-0.15, -0.1) is 0 Å². The average molecular weight is 269 g/mol. The van der Waals surface area contributed by atoms with Crippen LogP contribution in [0.1, 0.15) is 37.7 Å². The normalized spacial score (nSPS) is 10.9. The maximum atomic E-state index is 11.5. The highest BCUT2D eigenvalue weighted by Crippen LogP contribution is 2.12. The maximum absolute atomic E-state index is 11.5. The number of hydrogen-bond acceptors (Lipinski definition) is 5. The lowest BCUT2D eigenvalue weighted by Crippen LogP contribution is -2.11. The van der Waals surface area contributed by atoms with Crippen LogP contribution in [-0.2, 0) is 16.0 Å². The Morgan fingerprint density at radius 1 is 1.53 bits per heavy atom. The van der Waals surface area contributed by atoms with Gasteiger partial charge in [-0.05, 0) is 19.3 Å². The van der Waals surface area contributed by atoms with Gasteiger partial charge >= 0.3 is 5.97 Å². The summed E-state index contributed by atoms with van der Waals surface area (Å²) in [7, 11) is 0. The smallest absolute Gasteiger partial charge is 0.360 e. The number of carbonyl (C=O) groups excluding carboxylic acids is 1. The van der Waals surface area contributed by atoms with Crippen molar-refractivity contribution in [1.82, 2.24) is 9.55 Å². The molecular formula is C13H23N3O3. The number of aromatic nitrogens is 2. The van der Waals surface area contributed by atoms with Gasteiger partial charge in [-0.25, -0.2) is 9.78 Å². The number of aryl methyl sites for hydroxylation is 1. The van der Waals surface area contributed by atoms with E-state index in [0.717, 1.165) is 13.0 Å². The van der Waals surface area contributed by atoms with E-state index in [9.17, 15) is 4.79 Å². The molecule has 0 saturated heterocycles. The van der Waals surface area contributed by atoms with Gasteiger partial charge in [0.05, 0.1) is 12.9 Å². The molecule has 6 nitrogen and oxygen atoms in total. The third-order valence-electron chi connectivity index (χ3n) is 2.49. The van der Waals surface area contributed by atoms with E-state index in [1.165, 1.54) is 0 Å². The largest absolute Gasteiger partial charge is 0.461 e. The zero-order chi connectivity index (χ0) is 14.3. The summed E-state index contributed by atoms with van der Waals surface area (Å²) in [5.41, 5.74) is 6.04. The van der Waals surface area contributed by atoms with Crippen LogP contribution in [0.3, 0.4) is 0 Å². The fourth-order valence-electron chi connectivity index (χ4n) is 1.58. The number of nitrogens with zero attached hydrogens (tertiary/aromatic N) is 2. The van der Waals surface area contributed by atoms with Crippen LogP contribution in [0, 0.1) is 5.92 Å². The Bertz CT molecular complexity index is 402. The topological polar surface area (TPSA) is 79.4 Å². The number of ether oxygens (including phenoxy) is 2. The molecule has 1 aromatic heterocycles. The van der Waals surface area contributed by atoms with Crippen LogP contribution in [0.2, 0.25) is 0 Å². The van der Waals surface area contributed by atoms with Gasteiger partial charge in [-0.2, -0.15) is 0 Å². The van der Waals surface area contributed by atoms with E-state index >= 15 is 0 Å². The van der Waals surface area contributed by atoms with Crippen molar-refractivity contribution >= 4 is 11.8 Å². The Kier molecular flexibility index (Phi) is 6.35. The van der Waals surface area contributed by atoms with E-state index in [-0.39, 0.29) is 5.69 Å². The Morgan fingerprint density at radius 2 is 2.26 bits per heavy atom. The quantitative estimate of drug-likeness (QED) is 0.574. The number of anilines is 1. The number of nitrogens with two attached hydrogens (primary N) is 1. The van der Waals surface area contributed by atoms with Crippen molar-refractivity contribution in [3.63, 3.8) is 0 Å². The third-order valence-corrected chi connectivity index (χ3v) is 2.49. The number of hydrogen-bond donors (Lipinski definition) is 1. The first-order chi connectivity index (χ1) is 9.06. The van der Waals surface area contributed by atoms with E-state index in [4.69, 9.17) is 15.2 Å². The van der Waals surface area contributed by atoms with E-state index in [1.807, 2.05) is 0 Å². The lowest BCUT2D eigenvalue weighted by Gasteiger charge is -2.08. The predicted molar refractivity (Wildman–Crippen MR) is 72.9 cm³/mol. The summed E-state index contributed by atoms with van der Waals surface area (Å²) in [4.78, 5) is 15.5. The second-order valence-electron chi connectivity index (χ2n) is 4.71. The summed E-state index contributed by atoms with van der Waals surface area (Å²) in [6.07, 6.45) is 2.39. The zero-order valence-electron chi connectivity index (χ0n) is 11.9. The Hall–Kier alpha value is -1.56. The van der Waals surface area contributed by atoms with Crippen molar-refractivity contribution in [2.45, 2.75) is 33.7 Å². The van der Waals surface area contributed by atoms with Crippen molar-refractivity contribution in [3.05, 3.63) is 12.0 Å². The molecule has 2 N–H and O–H groups in total. The molecule has 0 aliphatic heterocycles. The molecule has 0 saturated carbocycles. The number of imidazole rings is 1. The predicted octanol–water partition coefficient (Wildman–Crippen LogP) is 1.70. The molecule has 108 valence electrons. The highest BCUT2D eigenvalue weighted by molar-refractivity contribution is 5.92. The monoisotopic (exact) mass is 269 g/mol. The minimum atomic E-state index is -0.477. The highest BCUT2D eigenvalue weighted by atomic mass is 16.5. The standard InChI is InChI=1S/C13H23N3O3/c1-4-19-13(17)11-12(14)16(9-15-11)6-5-7-18-8-10(2)3/h9-10H,4-8,14H2,1-3H3.